The van der Waals surface area contributed by atoms with Gasteiger partial charge in [0.25, 0.3) is 0 Å². The van der Waals surface area contributed by atoms with E-state index in [0.717, 1.165) is 16.7 Å². The van der Waals surface area contributed by atoms with Crippen LogP contribution in [-0.2, 0) is 27.2 Å². The summed E-state index contributed by atoms with van der Waals surface area (Å²) in [5.41, 5.74) is 3.03. The Balaban J connectivity index is 1.98. The minimum atomic E-state index is -1.11. The van der Waals surface area contributed by atoms with E-state index in [-0.39, 0.29) is 24.7 Å². The van der Waals surface area contributed by atoms with Gasteiger partial charge in [0.05, 0.1) is 0 Å². The Hall–Kier alpha value is -3.15. The summed E-state index contributed by atoms with van der Waals surface area (Å²) in [6, 6.07) is 15.3. The Morgan fingerprint density at radius 2 is 1.52 bits per heavy atom. The number of rotatable bonds is 11. The van der Waals surface area contributed by atoms with Gasteiger partial charge >= 0.3 is 5.97 Å². The Bertz CT molecular complexity index is 863. The molecule has 2 atom stereocenters. The van der Waals surface area contributed by atoms with E-state index < -0.39 is 24.0 Å². The zero-order valence-corrected chi connectivity index (χ0v) is 18.4. The Morgan fingerprint density at radius 3 is 2.10 bits per heavy atom. The standard InChI is InChI=1S/C25H32N2O4/c1-17(2)15-21(26-23(28)14-13-19-11-9-18(3)10-12-19)24(29)27-22(25(30)31)16-20-7-5-4-6-8-20/h4-12,17,21-22H,13-16H2,1-3H3,(H,26,28)(H,27,29)(H,30,31)/t21?,22-/m0/s1. The quantitative estimate of drug-likeness (QED) is 0.516. The van der Waals surface area contributed by atoms with E-state index in [1.165, 1.54) is 0 Å². The van der Waals surface area contributed by atoms with Crippen LogP contribution in [0.5, 0.6) is 0 Å². The van der Waals surface area contributed by atoms with E-state index in [1.54, 1.807) is 0 Å². The highest BCUT2D eigenvalue weighted by molar-refractivity contribution is 5.90. The van der Waals surface area contributed by atoms with Crippen LogP contribution in [0.2, 0.25) is 0 Å². The first-order chi connectivity index (χ1) is 14.7. The van der Waals surface area contributed by atoms with Gasteiger partial charge in [-0.25, -0.2) is 4.79 Å². The van der Waals surface area contributed by atoms with E-state index in [4.69, 9.17) is 0 Å². The number of amides is 2. The Kier molecular flexibility index (Phi) is 9.25. The van der Waals surface area contributed by atoms with Crippen LogP contribution in [0.25, 0.3) is 0 Å². The Morgan fingerprint density at radius 1 is 0.871 bits per heavy atom. The lowest BCUT2D eigenvalue weighted by atomic mass is 10.0. The molecule has 0 bridgehead atoms. The zero-order valence-electron chi connectivity index (χ0n) is 18.4. The molecule has 0 aromatic heterocycles. The van der Waals surface area contributed by atoms with Crippen molar-refractivity contribution < 1.29 is 19.5 Å². The summed E-state index contributed by atoms with van der Waals surface area (Å²) < 4.78 is 0. The van der Waals surface area contributed by atoms with Crippen molar-refractivity contribution in [1.82, 2.24) is 10.6 Å². The topological polar surface area (TPSA) is 95.5 Å². The molecule has 2 amide bonds. The van der Waals surface area contributed by atoms with Gasteiger partial charge in [-0.05, 0) is 36.8 Å². The third-order valence-electron chi connectivity index (χ3n) is 5.02. The summed E-state index contributed by atoms with van der Waals surface area (Å²) in [5.74, 6) is -1.64. The van der Waals surface area contributed by atoms with E-state index in [0.29, 0.717) is 12.8 Å². The molecule has 0 aliphatic carbocycles. The van der Waals surface area contributed by atoms with Gasteiger partial charge in [-0.3, -0.25) is 9.59 Å². The number of nitrogens with one attached hydrogen (secondary N) is 2. The second kappa shape index (κ2) is 11.9. The monoisotopic (exact) mass is 424 g/mol. The van der Waals surface area contributed by atoms with Gasteiger partial charge in [-0.2, -0.15) is 0 Å². The highest BCUT2D eigenvalue weighted by Gasteiger charge is 2.27. The van der Waals surface area contributed by atoms with Crippen molar-refractivity contribution in [2.24, 2.45) is 5.92 Å². The summed E-state index contributed by atoms with van der Waals surface area (Å²) in [7, 11) is 0. The van der Waals surface area contributed by atoms with Crippen LogP contribution < -0.4 is 10.6 Å². The molecule has 6 heteroatoms. The van der Waals surface area contributed by atoms with Gasteiger partial charge in [-0.1, -0.05) is 74.0 Å². The predicted molar refractivity (Wildman–Crippen MR) is 121 cm³/mol. The van der Waals surface area contributed by atoms with Crippen molar-refractivity contribution in [2.75, 3.05) is 0 Å². The Labute approximate surface area is 184 Å². The summed E-state index contributed by atoms with van der Waals surface area (Å²) in [6.07, 6.45) is 1.45. The van der Waals surface area contributed by atoms with Crippen LogP contribution >= 0.6 is 0 Å². The fourth-order valence-corrected chi connectivity index (χ4v) is 3.30. The van der Waals surface area contributed by atoms with Crippen molar-refractivity contribution in [3.63, 3.8) is 0 Å². The van der Waals surface area contributed by atoms with Gasteiger partial charge in [-0.15, -0.1) is 0 Å². The molecule has 31 heavy (non-hydrogen) atoms. The van der Waals surface area contributed by atoms with E-state index >= 15 is 0 Å². The molecule has 0 aliphatic rings. The first kappa shape index (κ1) is 24.1. The van der Waals surface area contributed by atoms with Gasteiger partial charge in [0.2, 0.25) is 11.8 Å². The average Bonchev–Trinajstić information content (AvgIpc) is 2.72. The number of benzene rings is 2. The van der Waals surface area contributed by atoms with Crippen molar-refractivity contribution in [1.29, 1.82) is 0 Å². The predicted octanol–water partition coefficient (Wildman–Crippen LogP) is 3.27. The van der Waals surface area contributed by atoms with E-state index in [9.17, 15) is 19.5 Å². The third-order valence-corrected chi connectivity index (χ3v) is 5.02. The maximum atomic E-state index is 12.8. The number of carboxylic acid groups (broad SMARTS) is 1. The van der Waals surface area contributed by atoms with Gasteiger partial charge < -0.3 is 15.7 Å². The van der Waals surface area contributed by atoms with Crippen LogP contribution in [0, 0.1) is 12.8 Å². The fraction of sp³-hybridized carbons (Fsp3) is 0.400. The van der Waals surface area contributed by atoms with Crippen LogP contribution in [-0.4, -0.2) is 35.0 Å². The lowest BCUT2D eigenvalue weighted by molar-refractivity contribution is -0.142. The highest BCUT2D eigenvalue weighted by Crippen LogP contribution is 2.10. The number of hydrogen-bond acceptors (Lipinski definition) is 3. The molecule has 0 aliphatic heterocycles. The van der Waals surface area contributed by atoms with Crippen LogP contribution in [0.15, 0.2) is 54.6 Å². The molecule has 0 fully saturated rings. The molecule has 6 nitrogen and oxygen atoms in total. The van der Waals surface area contributed by atoms with Crippen molar-refractivity contribution in [2.45, 2.75) is 58.5 Å². The van der Waals surface area contributed by atoms with Crippen molar-refractivity contribution in [3.05, 3.63) is 71.3 Å². The second-order valence-electron chi connectivity index (χ2n) is 8.32. The minimum Gasteiger partial charge on any atom is -0.480 e. The third kappa shape index (κ3) is 8.62. The summed E-state index contributed by atoms with van der Waals surface area (Å²) in [4.78, 5) is 37.0. The molecule has 0 spiro atoms. The molecule has 2 aromatic rings. The number of hydrogen-bond donors (Lipinski definition) is 3. The molecule has 2 rings (SSSR count). The average molecular weight is 425 g/mol. The minimum absolute atomic E-state index is 0.158. The van der Waals surface area contributed by atoms with Gasteiger partial charge in [0.15, 0.2) is 0 Å². The smallest absolute Gasteiger partial charge is 0.326 e. The molecule has 0 heterocycles. The first-order valence-corrected chi connectivity index (χ1v) is 10.7. The number of aliphatic carboxylic acids is 1. The van der Waals surface area contributed by atoms with Gasteiger partial charge in [0.1, 0.15) is 12.1 Å². The van der Waals surface area contributed by atoms with E-state index in [1.807, 2.05) is 75.4 Å². The molecule has 1 unspecified atom stereocenters. The van der Waals surface area contributed by atoms with Crippen LogP contribution in [0.3, 0.4) is 0 Å². The molecular formula is C25H32N2O4. The van der Waals surface area contributed by atoms with Crippen molar-refractivity contribution >= 4 is 17.8 Å². The zero-order chi connectivity index (χ0) is 22.8. The molecule has 0 radical (unpaired) electrons. The lowest BCUT2D eigenvalue weighted by Crippen LogP contribution is -2.52. The fourth-order valence-electron chi connectivity index (χ4n) is 3.30. The molecule has 0 saturated carbocycles. The SMILES string of the molecule is Cc1ccc(CCC(=O)NC(CC(C)C)C(=O)N[C@@H](Cc2ccccc2)C(=O)O)cc1. The molecule has 166 valence electrons. The lowest BCUT2D eigenvalue weighted by Gasteiger charge is -2.23. The van der Waals surface area contributed by atoms with Crippen molar-refractivity contribution in [3.8, 4) is 0 Å². The first-order valence-electron chi connectivity index (χ1n) is 10.7. The normalized spacial score (nSPS) is 12.8. The molecule has 2 aromatic carbocycles. The number of carbonyl (C=O) groups is 3. The summed E-state index contributed by atoms with van der Waals surface area (Å²) >= 11 is 0. The second-order valence-corrected chi connectivity index (χ2v) is 8.32. The molecule has 0 saturated heterocycles. The van der Waals surface area contributed by atoms with Crippen LogP contribution in [0.4, 0.5) is 0 Å². The van der Waals surface area contributed by atoms with Gasteiger partial charge in [0, 0.05) is 12.8 Å². The largest absolute Gasteiger partial charge is 0.480 e. The maximum absolute atomic E-state index is 12.8. The number of carbonyl (C=O) groups excluding carboxylic acids is 2. The number of aryl methyl sites for hydroxylation is 2. The molecule has 3 N–H and O–H groups in total. The summed E-state index contributed by atoms with van der Waals surface area (Å²) in [5, 5.41) is 15.0. The van der Waals surface area contributed by atoms with Crippen LogP contribution in [0.1, 0.15) is 43.4 Å². The highest BCUT2D eigenvalue weighted by atomic mass is 16.4. The van der Waals surface area contributed by atoms with E-state index in [2.05, 4.69) is 10.6 Å². The maximum Gasteiger partial charge on any atom is 0.326 e. The summed E-state index contributed by atoms with van der Waals surface area (Å²) in [6.45, 7) is 5.92. The number of carboxylic acids is 1. The molecular weight excluding hydrogens is 392 g/mol.